The van der Waals surface area contributed by atoms with Gasteiger partial charge in [0.2, 0.25) is 0 Å². The van der Waals surface area contributed by atoms with E-state index in [0.29, 0.717) is 37.1 Å². The van der Waals surface area contributed by atoms with Gasteiger partial charge >= 0.3 is 6.18 Å². The summed E-state index contributed by atoms with van der Waals surface area (Å²) in [6.07, 6.45) is 1.92. The van der Waals surface area contributed by atoms with Crippen molar-refractivity contribution in [1.29, 1.82) is 0 Å². The molecule has 0 amide bonds. The molecule has 0 heterocycles. The third kappa shape index (κ3) is 6.45. The average Bonchev–Trinajstić information content (AvgIpc) is 2.75. The maximum atomic E-state index is 13.0. The second kappa shape index (κ2) is 10.5. The highest BCUT2D eigenvalue weighted by Crippen LogP contribution is 2.40. The molecule has 31 heavy (non-hydrogen) atoms. The van der Waals surface area contributed by atoms with Gasteiger partial charge in [0.15, 0.2) is 12.5 Å². The van der Waals surface area contributed by atoms with E-state index in [1.807, 2.05) is 43.3 Å². The Labute approximate surface area is 181 Å². The van der Waals surface area contributed by atoms with Crippen LogP contribution in [0.1, 0.15) is 44.6 Å². The number of hydrogen-bond acceptors (Lipinski definition) is 4. The Balaban J connectivity index is 1.69. The number of anilines is 1. The van der Waals surface area contributed by atoms with Crippen molar-refractivity contribution in [2.45, 2.75) is 64.1 Å². The molecule has 2 aliphatic carbocycles. The highest BCUT2D eigenvalue weighted by molar-refractivity contribution is 5.51. The van der Waals surface area contributed by atoms with Crippen LogP contribution in [0.2, 0.25) is 0 Å². The minimum Gasteiger partial charge on any atom is -0.369 e. The molecule has 2 aliphatic rings. The zero-order chi connectivity index (χ0) is 22.4. The largest absolute Gasteiger partial charge is 0.392 e. The van der Waals surface area contributed by atoms with Crippen LogP contribution in [0.15, 0.2) is 59.2 Å². The van der Waals surface area contributed by atoms with Crippen LogP contribution in [0.25, 0.3) is 0 Å². The van der Waals surface area contributed by atoms with Gasteiger partial charge in [-0.15, -0.1) is 0 Å². The molecule has 3 atom stereocenters. The van der Waals surface area contributed by atoms with Gasteiger partial charge in [0.05, 0.1) is 5.92 Å². The zero-order valence-electron chi connectivity index (χ0n) is 17.7. The number of benzene rings is 1. The maximum absolute atomic E-state index is 13.0. The van der Waals surface area contributed by atoms with Crippen molar-refractivity contribution in [2.75, 3.05) is 11.9 Å². The second-order valence-electron chi connectivity index (χ2n) is 7.98. The molecule has 4 nitrogen and oxygen atoms in total. The van der Waals surface area contributed by atoms with Crippen molar-refractivity contribution >= 4 is 5.69 Å². The Morgan fingerprint density at radius 1 is 1.16 bits per heavy atom. The molecule has 0 saturated carbocycles. The quantitative estimate of drug-likeness (QED) is 0.486. The number of nitrogens with one attached hydrogen (secondary N) is 1. The lowest BCUT2D eigenvalue weighted by molar-refractivity contribution is -0.176. The number of rotatable bonds is 8. The molecule has 7 heteroatoms. The number of alkyl halides is 3. The van der Waals surface area contributed by atoms with E-state index in [1.54, 1.807) is 6.08 Å². The van der Waals surface area contributed by atoms with E-state index in [-0.39, 0.29) is 12.8 Å². The summed E-state index contributed by atoms with van der Waals surface area (Å²) in [7, 11) is 0. The van der Waals surface area contributed by atoms with Gasteiger partial charge in [-0.2, -0.15) is 13.2 Å². The predicted octanol–water partition coefficient (Wildman–Crippen LogP) is 5.25. The van der Waals surface area contributed by atoms with Gasteiger partial charge in [-0.25, -0.2) is 0 Å². The first kappa shape index (κ1) is 23.6. The molecule has 0 bridgehead atoms. The minimum absolute atomic E-state index is 0.00207. The molecule has 1 aromatic rings. The van der Waals surface area contributed by atoms with Gasteiger partial charge in [-0.3, -0.25) is 0 Å². The number of aliphatic hydroxyl groups excluding tert-OH is 2. The summed E-state index contributed by atoms with van der Waals surface area (Å²) in [5.74, 6) is -1.28. The van der Waals surface area contributed by atoms with Crippen LogP contribution in [0.3, 0.4) is 0 Å². The first-order chi connectivity index (χ1) is 14.8. The molecule has 0 radical (unpaired) electrons. The van der Waals surface area contributed by atoms with E-state index in [4.69, 9.17) is 4.74 Å². The third-order valence-corrected chi connectivity index (χ3v) is 5.79. The highest BCUT2D eigenvalue weighted by Gasteiger charge is 2.40. The summed E-state index contributed by atoms with van der Waals surface area (Å²) in [5, 5.41) is 23.6. The van der Waals surface area contributed by atoms with E-state index < -0.39 is 24.6 Å². The van der Waals surface area contributed by atoms with Crippen molar-refractivity contribution in [3.05, 3.63) is 64.8 Å². The molecule has 3 rings (SSSR count). The van der Waals surface area contributed by atoms with E-state index in [2.05, 4.69) is 5.32 Å². The topological polar surface area (TPSA) is 61.7 Å². The molecule has 0 spiro atoms. The van der Waals surface area contributed by atoms with E-state index in [0.717, 1.165) is 23.1 Å². The maximum Gasteiger partial charge on any atom is 0.392 e. The van der Waals surface area contributed by atoms with Gasteiger partial charge in [-0.1, -0.05) is 30.4 Å². The van der Waals surface area contributed by atoms with Crippen molar-refractivity contribution in [3.8, 4) is 0 Å². The number of allylic oxidation sites excluding steroid dienone is 4. The van der Waals surface area contributed by atoms with Gasteiger partial charge in [0, 0.05) is 24.3 Å². The van der Waals surface area contributed by atoms with Gasteiger partial charge in [-0.05, 0) is 67.9 Å². The Morgan fingerprint density at radius 2 is 1.90 bits per heavy atom. The summed E-state index contributed by atoms with van der Waals surface area (Å²) in [6, 6.07) is 7.34. The fraction of sp³-hybridized carbons (Fsp3) is 0.500. The third-order valence-electron chi connectivity index (χ3n) is 5.79. The fourth-order valence-electron chi connectivity index (χ4n) is 4.12. The smallest absolute Gasteiger partial charge is 0.369 e. The first-order valence-electron chi connectivity index (χ1n) is 10.8. The Kier molecular flexibility index (Phi) is 7.97. The van der Waals surface area contributed by atoms with E-state index in [9.17, 15) is 23.4 Å². The lowest BCUT2D eigenvalue weighted by Gasteiger charge is -2.28. The Hall–Kier alpha value is -2.09. The van der Waals surface area contributed by atoms with E-state index in [1.165, 1.54) is 0 Å². The minimum atomic E-state index is -4.16. The normalized spacial score (nSPS) is 21.6. The fourth-order valence-corrected chi connectivity index (χ4v) is 4.12. The molecular weight excluding hydrogens is 407 g/mol. The lowest BCUT2D eigenvalue weighted by atomic mass is 9.81. The van der Waals surface area contributed by atoms with E-state index >= 15 is 0 Å². The number of halogens is 3. The second-order valence-corrected chi connectivity index (χ2v) is 7.98. The van der Waals surface area contributed by atoms with Crippen molar-refractivity contribution < 1.29 is 28.1 Å². The van der Waals surface area contributed by atoms with Gasteiger partial charge in [0.25, 0.3) is 0 Å². The zero-order valence-corrected chi connectivity index (χ0v) is 17.7. The van der Waals surface area contributed by atoms with Crippen LogP contribution in [-0.4, -0.2) is 35.5 Å². The summed E-state index contributed by atoms with van der Waals surface area (Å²) >= 11 is 0. The van der Waals surface area contributed by atoms with Crippen LogP contribution in [0.5, 0.6) is 0 Å². The summed E-state index contributed by atoms with van der Waals surface area (Å²) in [5.41, 5.74) is 4.19. The molecule has 170 valence electrons. The van der Waals surface area contributed by atoms with Crippen molar-refractivity contribution in [2.24, 2.45) is 5.92 Å². The van der Waals surface area contributed by atoms with Crippen molar-refractivity contribution in [1.82, 2.24) is 0 Å². The summed E-state index contributed by atoms with van der Waals surface area (Å²) in [6.45, 7) is 2.25. The number of ether oxygens (including phenoxy) is 1. The average molecular weight is 438 g/mol. The van der Waals surface area contributed by atoms with Crippen LogP contribution in [0.4, 0.5) is 18.9 Å². The molecule has 0 fully saturated rings. The van der Waals surface area contributed by atoms with Crippen molar-refractivity contribution in [3.63, 3.8) is 0 Å². The van der Waals surface area contributed by atoms with Crippen LogP contribution in [-0.2, 0) is 11.2 Å². The highest BCUT2D eigenvalue weighted by atomic mass is 19.4. The van der Waals surface area contributed by atoms with Crippen LogP contribution >= 0.6 is 0 Å². The molecular formula is C24H30F3NO3. The predicted molar refractivity (Wildman–Crippen MR) is 114 cm³/mol. The molecule has 1 aromatic carbocycles. The number of aliphatic hydroxyl groups is 2. The van der Waals surface area contributed by atoms with Gasteiger partial charge in [0.1, 0.15) is 0 Å². The monoisotopic (exact) mass is 437 g/mol. The summed E-state index contributed by atoms with van der Waals surface area (Å²) < 4.78 is 44.0. The van der Waals surface area contributed by atoms with Crippen LogP contribution in [0, 0.1) is 5.92 Å². The molecule has 0 aromatic heterocycles. The first-order valence-corrected chi connectivity index (χ1v) is 10.8. The molecule has 0 saturated heterocycles. The van der Waals surface area contributed by atoms with Gasteiger partial charge < -0.3 is 20.3 Å². The number of hydrogen-bond donors (Lipinski definition) is 3. The van der Waals surface area contributed by atoms with Crippen LogP contribution < -0.4 is 5.32 Å². The standard InChI is InChI=1S/C24H30F3NO3/c1-2-31-22(29)15-16-7-13-19(14-8-16)28-23(30)21-6-4-3-5-20(21)17-9-11-18(12-10-17)24(25,26)27/h4,6-9,13-14,18,22-23,28-30H,2-3,5,10-12,15H2,1H3. The molecule has 3 unspecified atom stereocenters. The SMILES string of the molecule is CCOC(O)Cc1ccc(NC(O)C2=C(C3=CCC(C(F)(F)F)CC3)CCC=C2)cc1. The molecule has 3 N–H and O–H groups in total. The summed E-state index contributed by atoms with van der Waals surface area (Å²) in [4.78, 5) is 0. The lowest BCUT2D eigenvalue weighted by Crippen LogP contribution is -2.26. The Bertz CT molecular complexity index is 827. The molecule has 0 aliphatic heterocycles. The Morgan fingerprint density at radius 3 is 2.52 bits per heavy atom.